The Labute approximate surface area is 171 Å². The molecule has 0 aliphatic rings. The van der Waals surface area contributed by atoms with Gasteiger partial charge >= 0.3 is 0 Å². The molecule has 0 aliphatic carbocycles. The van der Waals surface area contributed by atoms with Gasteiger partial charge in [0.15, 0.2) is 0 Å². The minimum atomic E-state index is -1.03. The van der Waals surface area contributed by atoms with Crippen LogP contribution in [-0.2, 0) is 30.4 Å². The molecule has 0 radical (unpaired) electrons. The van der Waals surface area contributed by atoms with Gasteiger partial charge in [-0.1, -0.05) is 36.1 Å². The maximum absolute atomic E-state index is 11.4. The molecule has 3 aromatic rings. The van der Waals surface area contributed by atoms with Crippen molar-refractivity contribution in [1.29, 1.82) is 0 Å². The topological polar surface area (TPSA) is 95.1 Å². The average molecular weight is 407 g/mol. The minimum Gasteiger partial charge on any atom is -0.502 e. The van der Waals surface area contributed by atoms with Gasteiger partial charge in [0, 0.05) is 23.9 Å². The predicted molar refractivity (Wildman–Crippen MR) is 114 cm³/mol. The second kappa shape index (κ2) is 9.82. The second-order valence-electron chi connectivity index (χ2n) is 6.45. The lowest BCUT2D eigenvalue weighted by molar-refractivity contribution is 0.454. The lowest BCUT2D eigenvalue weighted by Gasteiger charge is -2.03. The van der Waals surface area contributed by atoms with Crippen LogP contribution >= 0.6 is 0 Å². The van der Waals surface area contributed by atoms with Crippen molar-refractivity contribution >= 4 is 11.0 Å². The summed E-state index contributed by atoms with van der Waals surface area (Å²) < 4.78 is 13.9. The van der Waals surface area contributed by atoms with Crippen LogP contribution in [0, 0.1) is 11.8 Å². The van der Waals surface area contributed by atoms with Crippen molar-refractivity contribution in [1.82, 2.24) is 14.7 Å². The number of nitrogens with zero attached hydrogens (tertiary/aromatic N) is 1. The number of aryl methyl sites for hydroxylation is 2. The second-order valence-corrected chi connectivity index (χ2v) is 7.64. The fraction of sp³-hybridized carbons (Fsp3) is 0.182. The van der Waals surface area contributed by atoms with Crippen molar-refractivity contribution in [2.75, 3.05) is 6.26 Å². The molecule has 0 saturated heterocycles. The number of aromatic nitrogens is 2. The third-order valence-corrected chi connectivity index (χ3v) is 4.84. The molecular weight excluding hydrogens is 386 g/mol. The first-order valence-electron chi connectivity index (χ1n) is 9.03. The number of H-pyrrole nitrogens is 1. The van der Waals surface area contributed by atoms with Gasteiger partial charge in [0.1, 0.15) is 0 Å². The SMILES string of the molecule is CS(=O)NCc1ccc(C#Cc2ccc(CCc3nc[nH]c(=O)c3O)cc2)cc1. The summed E-state index contributed by atoms with van der Waals surface area (Å²) in [6, 6.07) is 15.7. The standard InChI is InChI=1S/C22H21N3O3S/c1-29(28)25-14-19-10-8-17(9-11-19)3-2-16-4-6-18(7-5-16)12-13-20-21(26)22(27)24-15-23-20/h4-11,15,25-26H,12-14H2,1H3,(H,23,24,27). The van der Waals surface area contributed by atoms with Gasteiger partial charge in [-0.05, 0) is 48.2 Å². The van der Waals surface area contributed by atoms with E-state index in [0.29, 0.717) is 25.1 Å². The summed E-state index contributed by atoms with van der Waals surface area (Å²) in [5.41, 5.74) is 3.80. The van der Waals surface area contributed by atoms with Gasteiger partial charge in [0.05, 0.1) is 23.0 Å². The summed E-state index contributed by atoms with van der Waals surface area (Å²) in [6.45, 7) is 0.558. The van der Waals surface area contributed by atoms with Crippen LogP contribution in [0.5, 0.6) is 5.75 Å². The fourth-order valence-corrected chi connectivity index (χ4v) is 3.03. The van der Waals surface area contributed by atoms with Crippen LogP contribution in [0.2, 0.25) is 0 Å². The van der Waals surface area contributed by atoms with E-state index in [1.165, 1.54) is 6.33 Å². The van der Waals surface area contributed by atoms with Crippen molar-refractivity contribution in [3.05, 3.63) is 93.2 Å². The zero-order chi connectivity index (χ0) is 20.6. The van der Waals surface area contributed by atoms with Crippen molar-refractivity contribution in [2.24, 2.45) is 0 Å². The Bertz CT molecular complexity index is 1110. The summed E-state index contributed by atoms with van der Waals surface area (Å²) in [5, 5.41) is 9.73. The smallest absolute Gasteiger partial charge is 0.293 e. The first-order chi connectivity index (χ1) is 14.0. The largest absolute Gasteiger partial charge is 0.502 e. The van der Waals surface area contributed by atoms with Crippen LogP contribution < -0.4 is 10.3 Å². The predicted octanol–water partition coefficient (Wildman–Crippen LogP) is 2.04. The third kappa shape index (κ3) is 6.14. The van der Waals surface area contributed by atoms with E-state index in [4.69, 9.17) is 0 Å². The number of aromatic amines is 1. The van der Waals surface area contributed by atoms with Gasteiger partial charge in [-0.3, -0.25) is 4.79 Å². The summed E-state index contributed by atoms with van der Waals surface area (Å²) in [4.78, 5) is 17.7. The number of aromatic hydroxyl groups is 1. The Morgan fingerprint density at radius 3 is 2.17 bits per heavy atom. The molecule has 0 saturated carbocycles. The van der Waals surface area contributed by atoms with E-state index >= 15 is 0 Å². The van der Waals surface area contributed by atoms with Gasteiger partial charge in [-0.15, -0.1) is 0 Å². The lowest BCUT2D eigenvalue weighted by Crippen LogP contribution is -2.14. The minimum absolute atomic E-state index is 0.320. The molecule has 1 unspecified atom stereocenters. The van der Waals surface area contributed by atoms with Gasteiger partial charge in [0.25, 0.3) is 5.56 Å². The number of nitrogens with one attached hydrogen (secondary N) is 2. The highest BCUT2D eigenvalue weighted by molar-refractivity contribution is 7.82. The van der Waals surface area contributed by atoms with Gasteiger partial charge < -0.3 is 10.1 Å². The van der Waals surface area contributed by atoms with Crippen molar-refractivity contribution in [2.45, 2.75) is 19.4 Å². The van der Waals surface area contributed by atoms with Crippen LogP contribution in [0.15, 0.2) is 59.7 Å². The molecule has 1 aromatic heterocycles. The molecule has 0 spiro atoms. The lowest BCUT2D eigenvalue weighted by atomic mass is 10.1. The van der Waals surface area contributed by atoms with Crippen LogP contribution in [0.3, 0.4) is 0 Å². The Morgan fingerprint density at radius 2 is 1.59 bits per heavy atom. The molecule has 0 amide bonds. The Balaban J connectivity index is 1.59. The van der Waals surface area contributed by atoms with Gasteiger partial charge in [0.2, 0.25) is 5.75 Å². The van der Waals surface area contributed by atoms with E-state index in [9.17, 15) is 14.1 Å². The molecule has 0 bridgehead atoms. The number of hydrogen-bond acceptors (Lipinski definition) is 4. The molecule has 29 heavy (non-hydrogen) atoms. The monoisotopic (exact) mass is 407 g/mol. The highest BCUT2D eigenvalue weighted by Gasteiger charge is 2.06. The van der Waals surface area contributed by atoms with E-state index in [1.54, 1.807) is 6.26 Å². The van der Waals surface area contributed by atoms with E-state index in [-0.39, 0.29) is 5.75 Å². The zero-order valence-corrected chi connectivity index (χ0v) is 16.8. The molecule has 0 fully saturated rings. The van der Waals surface area contributed by atoms with E-state index in [0.717, 1.165) is 22.3 Å². The van der Waals surface area contributed by atoms with Crippen LogP contribution in [0.4, 0.5) is 0 Å². The molecule has 0 aliphatic heterocycles. The average Bonchev–Trinajstić information content (AvgIpc) is 2.73. The molecule has 1 heterocycles. The zero-order valence-electron chi connectivity index (χ0n) is 15.9. The van der Waals surface area contributed by atoms with E-state index in [2.05, 4.69) is 26.5 Å². The molecule has 6 nitrogen and oxygen atoms in total. The summed E-state index contributed by atoms with van der Waals surface area (Å²) in [7, 11) is -1.03. The highest BCUT2D eigenvalue weighted by atomic mass is 32.2. The van der Waals surface area contributed by atoms with Gasteiger partial charge in [-0.25, -0.2) is 13.9 Å². The number of benzene rings is 2. The van der Waals surface area contributed by atoms with Crippen molar-refractivity contribution in [3.63, 3.8) is 0 Å². The normalized spacial score (nSPS) is 11.5. The summed E-state index contributed by atoms with van der Waals surface area (Å²) in [5.74, 6) is 5.95. The molecular formula is C22H21N3O3S. The van der Waals surface area contributed by atoms with Crippen LogP contribution in [-0.4, -0.2) is 25.5 Å². The van der Waals surface area contributed by atoms with Crippen molar-refractivity contribution in [3.8, 4) is 17.6 Å². The Hall–Kier alpha value is -3.21. The molecule has 3 N–H and O–H groups in total. The maximum Gasteiger partial charge on any atom is 0.293 e. The first kappa shape index (κ1) is 20.5. The highest BCUT2D eigenvalue weighted by Crippen LogP contribution is 2.12. The quantitative estimate of drug-likeness (QED) is 0.545. The number of hydrogen-bond donors (Lipinski definition) is 3. The molecule has 3 rings (SSSR count). The number of rotatable bonds is 6. The van der Waals surface area contributed by atoms with Crippen molar-refractivity contribution < 1.29 is 9.32 Å². The van der Waals surface area contributed by atoms with Crippen LogP contribution in [0.1, 0.15) is 27.9 Å². The summed E-state index contributed by atoms with van der Waals surface area (Å²) in [6.07, 6.45) is 4.04. The summed E-state index contributed by atoms with van der Waals surface area (Å²) >= 11 is 0. The Morgan fingerprint density at radius 1 is 1.00 bits per heavy atom. The Kier molecular flexibility index (Phi) is 6.95. The first-order valence-corrected chi connectivity index (χ1v) is 10.6. The van der Waals surface area contributed by atoms with E-state index in [1.807, 2.05) is 48.5 Å². The molecule has 1 atom stereocenters. The molecule has 2 aromatic carbocycles. The van der Waals surface area contributed by atoms with E-state index < -0.39 is 16.5 Å². The third-order valence-electron chi connectivity index (χ3n) is 4.29. The molecule has 7 heteroatoms. The van der Waals surface area contributed by atoms with Gasteiger partial charge in [-0.2, -0.15) is 0 Å². The van der Waals surface area contributed by atoms with Crippen LogP contribution in [0.25, 0.3) is 0 Å². The fourth-order valence-electron chi connectivity index (χ4n) is 2.67. The molecule has 148 valence electrons. The maximum atomic E-state index is 11.4.